The van der Waals surface area contributed by atoms with Crippen molar-refractivity contribution in [1.29, 1.82) is 0 Å². The largest absolute Gasteiger partial charge is 0.425 e. The summed E-state index contributed by atoms with van der Waals surface area (Å²) in [6.07, 6.45) is 0.118. The fraction of sp³-hybridized carbons (Fsp3) is 0.0800. The van der Waals surface area contributed by atoms with E-state index in [1.807, 2.05) is 48.5 Å². The summed E-state index contributed by atoms with van der Waals surface area (Å²) in [5.41, 5.74) is 4.52. The first kappa shape index (κ1) is 18.4. The van der Waals surface area contributed by atoms with Crippen molar-refractivity contribution in [3.05, 3.63) is 94.0 Å². The maximum absolute atomic E-state index is 12.6. The number of esters is 1. The van der Waals surface area contributed by atoms with Gasteiger partial charge in [0.2, 0.25) is 0 Å². The Hall–Kier alpha value is -4.39. The summed E-state index contributed by atoms with van der Waals surface area (Å²) in [6.45, 7) is 0. The number of nitro benzene ring substituents is 1. The zero-order chi connectivity index (χ0) is 21.8. The highest BCUT2D eigenvalue weighted by atomic mass is 16.6. The molecular formula is C25H15N3O4. The summed E-state index contributed by atoms with van der Waals surface area (Å²) in [4.78, 5) is 33.1. The van der Waals surface area contributed by atoms with Crippen LogP contribution in [0.2, 0.25) is 0 Å². The summed E-state index contributed by atoms with van der Waals surface area (Å²) in [5, 5.41) is 12.7. The number of hydrogen-bond acceptors (Lipinski definition) is 6. The van der Waals surface area contributed by atoms with Crippen LogP contribution in [0.3, 0.4) is 0 Å². The van der Waals surface area contributed by atoms with Gasteiger partial charge in [-0.05, 0) is 17.7 Å². The van der Waals surface area contributed by atoms with E-state index in [0.29, 0.717) is 11.3 Å². The number of carbonyl (C=O) groups excluding carboxylic acids is 1. The first-order chi connectivity index (χ1) is 15.6. The maximum Gasteiger partial charge on any atom is 0.312 e. The molecular weight excluding hydrogens is 406 g/mol. The minimum atomic E-state index is -0.437. The van der Waals surface area contributed by atoms with Gasteiger partial charge < -0.3 is 4.74 Å². The van der Waals surface area contributed by atoms with E-state index in [9.17, 15) is 14.9 Å². The highest BCUT2D eigenvalue weighted by Gasteiger charge is 2.33. The van der Waals surface area contributed by atoms with Crippen LogP contribution in [0.15, 0.2) is 72.8 Å². The Labute approximate surface area is 181 Å². The molecule has 1 aliphatic rings. The number of benzene rings is 4. The third kappa shape index (κ3) is 2.71. The van der Waals surface area contributed by atoms with Gasteiger partial charge in [0.15, 0.2) is 0 Å². The number of para-hydroxylation sites is 2. The molecule has 0 fully saturated rings. The Balaban J connectivity index is 1.72. The molecule has 6 rings (SSSR count). The van der Waals surface area contributed by atoms with E-state index in [2.05, 4.69) is 0 Å². The van der Waals surface area contributed by atoms with Crippen LogP contribution >= 0.6 is 0 Å². The molecule has 2 heterocycles. The number of rotatable bonds is 2. The predicted molar refractivity (Wildman–Crippen MR) is 120 cm³/mol. The monoisotopic (exact) mass is 421 g/mol. The average Bonchev–Trinajstić information content (AvgIpc) is 2.82. The molecule has 1 unspecified atom stereocenters. The number of nitro groups is 1. The number of nitrogens with zero attached hydrogens (tertiary/aromatic N) is 3. The van der Waals surface area contributed by atoms with Crippen molar-refractivity contribution in [2.75, 3.05) is 0 Å². The SMILES string of the molecule is O=C1CC(c2ccc([N+](=O)[O-])cc2)c2c(c3ccccc3c3nc4ccccc4nc23)O1. The van der Waals surface area contributed by atoms with Crippen molar-refractivity contribution in [3.63, 3.8) is 0 Å². The topological polar surface area (TPSA) is 95.2 Å². The van der Waals surface area contributed by atoms with Crippen molar-refractivity contribution in [2.45, 2.75) is 12.3 Å². The lowest BCUT2D eigenvalue weighted by molar-refractivity contribution is -0.384. The molecule has 0 saturated heterocycles. The number of ether oxygens (including phenoxy) is 1. The molecule has 7 nitrogen and oxygen atoms in total. The first-order valence-electron chi connectivity index (χ1n) is 10.2. The minimum Gasteiger partial charge on any atom is -0.425 e. The summed E-state index contributed by atoms with van der Waals surface area (Å²) in [6, 6.07) is 21.6. The number of hydrogen-bond donors (Lipinski definition) is 0. The maximum atomic E-state index is 12.6. The molecule has 0 amide bonds. The number of aromatic nitrogens is 2. The van der Waals surface area contributed by atoms with Crippen LogP contribution < -0.4 is 4.74 Å². The fourth-order valence-electron chi connectivity index (χ4n) is 4.49. The Morgan fingerprint density at radius 1 is 0.844 bits per heavy atom. The van der Waals surface area contributed by atoms with Gasteiger partial charge in [0.05, 0.1) is 33.4 Å². The van der Waals surface area contributed by atoms with Crippen LogP contribution in [-0.4, -0.2) is 20.9 Å². The number of non-ortho nitro benzene ring substituents is 1. The fourth-order valence-corrected chi connectivity index (χ4v) is 4.49. The van der Waals surface area contributed by atoms with Crippen LogP contribution in [-0.2, 0) is 4.79 Å². The molecule has 0 radical (unpaired) electrons. The summed E-state index contributed by atoms with van der Waals surface area (Å²) in [5.74, 6) is -0.217. The van der Waals surface area contributed by atoms with Gasteiger partial charge in [-0.3, -0.25) is 14.9 Å². The molecule has 0 spiro atoms. The summed E-state index contributed by atoms with van der Waals surface area (Å²) >= 11 is 0. The van der Waals surface area contributed by atoms with Crippen molar-refractivity contribution in [3.8, 4) is 5.75 Å². The Bertz CT molecular complexity index is 1580. The Kier molecular flexibility index (Phi) is 3.91. The molecule has 0 aliphatic carbocycles. The van der Waals surface area contributed by atoms with Gasteiger partial charge in [0, 0.05) is 34.4 Å². The molecule has 32 heavy (non-hydrogen) atoms. The Morgan fingerprint density at radius 2 is 1.47 bits per heavy atom. The lowest BCUT2D eigenvalue weighted by Crippen LogP contribution is -2.22. The first-order valence-corrected chi connectivity index (χ1v) is 10.2. The van der Waals surface area contributed by atoms with E-state index >= 15 is 0 Å². The van der Waals surface area contributed by atoms with Gasteiger partial charge in [-0.2, -0.15) is 0 Å². The van der Waals surface area contributed by atoms with E-state index < -0.39 is 4.92 Å². The molecule has 1 aromatic heterocycles. The van der Waals surface area contributed by atoms with Gasteiger partial charge in [0.1, 0.15) is 5.75 Å². The van der Waals surface area contributed by atoms with Gasteiger partial charge in [-0.1, -0.05) is 48.5 Å². The summed E-state index contributed by atoms with van der Waals surface area (Å²) in [7, 11) is 0. The third-order valence-corrected chi connectivity index (χ3v) is 5.94. The van der Waals surface area contributed by atoms with Gasteiger partial charge >= 0.3 is 5.97 Å². The van der Waals surface area contributed by atoms with E-state index in [-0.39, 0.29) is 24.0 Å². The van der Waals surface area contributed by atoms with E-state index in [1.54, 1.807) is 12.1 Å². The second kappa shape index (κ2) is 6.81. The lowest BCUT2D eigenvalue weighted by atomic mass is 9.83. The van der Waals surface area contributed by atoms with E-state index in [4.69, 9.17) is 14.7 Å². The molecule has 0 N–H and O–H groups in total. The highest BCUT2D eigenvalue weighted by molar-refractivity contribution is 6.12. The van der Waals surface area contributed by atoms with Crippen LogP contribution in [0.1, 0.15) is 23.5 Å². The standard InChI is InChI=1S/C25H15N3O4/c29-21-13-18(14-9-11-15(12-10-14)28(30)31)22-24-23(26-19-7-3-4-8-20(19)27-24)16-5-1-2-6-17(16)25(22)32-21/h1-12,18H,13H2. The van der Waals surface area contributed by atoms with Gasteiger partial charge in [-0.15, -0.1) is 0 Å². The quantitative estimate of drug-likeness (QED) is 0.0960. The van der Waals surface area contributed by atoms with E-state index in [0.717, 1.165) is 38.4 Å². The second-order valence-corrected chi connectivity index (χ2v) is 7.78. The molecule has 0 bridgehead atoms. The number of fused-ring (bicyclic) bond motifs is 7. The highest BCUT2D eigenvalue weighted by Crippen LogP contribution is 2.47. The zero-order valence-corrected chi connectivity index (χ0v) is 16.7. The minimum absolute atomic E-state index is 0.00140. The zero-order valence-electron chi connectivity index (χ0n) is 16.7. The smallest absolute Gasteiger partial charge is 0.312 e. The Morgan fingerprint density at radius 3 is 2.16 bits per heavy atom. The van der Waals surface area contributed by atoms with Crippen LogP contribution in [0, 0.1) is 10.1 Å². The molecule has 5 aromatic rings. The molecule has 7 heteroatoms. The lowest BCUT2D eigenvalue weighted by Gasteiger charge is -2.27. The van der Waals surface area contributed by atoms with Crippen LogP contribution in [0.4, 0.5) is 5.69 Å². The second-order valence-electron chi connectivity index (χ2n) is 7.78. The van der Waals surface area contributed by atoms with Crippen molar-refractivity contribution >= 4 is 44.5 Å². The van der Waals surface area contributed by atoms with Crippen molar-refractivity contribution in [2.24, 2.45) is 0 Å². The van der Waals surface area contributed by atoms with E-state index in [1.165, 1.54) is 12.1 Å². The van der Waals surface area contributed by atoms with Gasteiger partial charge in [-0.25, -0.2) is 9.97 Å². The summed E-state index contributed by atoms with van der Waals surface area (Å²) < 4.78 is 5.76. The molecule has 1 atom stereocenters. The molecule has 1 aliphatic heterocycles. The normalized spacial score (nSPS) is 15.6. The van der Waals surface area contributed by atoms with Crippen LogP contribution in [0.25, 0.3) is 32.8 Å². The average molecular weight is 421 g/mol. The third-order valence-electron chi connectivity index (χ3n) is 5.94. The molecule has 0 saturated carbocycles. The molecule has 154 valence electrons. The van der Waals surface area contributed by atoms with Gasteiger partial charge in [0.25, 0.3) is 5.69 Å². The van der Waals surface area contributed by atoms with Crippen molar-refractivity contribution in [1.82, 2.24) is 9.97 Å². The van der Waals surface area contributed by atoms with Crippen LogP contribution in [0.5, 0.6) is 5.75 Å². The predicted octanol–water partition coefficient (Wildman–Crippen LogP) is 5.29. The van der Waals surface area contributed by atoms with Crippen molar-refractivity contribution < 1.29 is 14.5 Å². The number of carbonyl (C=O) groups is 1. The molecule has 4 aromatic carbocycles.